The average molecular weight is 284 g/mol. The van der Waals surface area contributed by atoms with Crippen LogP contribution in [0.3, 0.4) is 0 Å². The molecule has 0 unspecified atom stereocenters. The third-order valence-electron chi connectivity index (χ3n) is 3.63. The van der Waals surface area contributed by atoms with E-state index in [-0.39, 0.29) is 0 Å². The molecule has 0 saturated carbocycles. The van der Waals surface area contributed by atoms with Crippen molar-refractivity contribution in [3.63, 3.8) is 0 Å². The van der Waals surface area contributed by atoms with Crippen LogP contribution in [0.25, 0.3) is 0 Å². The van der Waals surface area contributed by atoms with E-state index in [1.165, 1.54) is 11.1 Å². The van der Waals surface area contributed by atoms with Crippen LogP contribution in [0.4, 0.5) is 5.69 Å². The minimum Gasteiger partial charge on any atom is -0.496 e. The molecule has 0 aromatic heterocycles. The summed E-state index contributed by atoms with van der Waals surface area (Å²) in [5.74, 6) is 0.886. The maximum Gasteiger partial charge on any atom is 0.123 e. The van der Waals surface area contributed by atoms with Gasteiger partial charge in [0.05, 0.1) is 7.11 Å². The fourth-order valence-electron chi connectivity index (χ4n) is 2.46. The maximum absolute atomic E-state index is 5.87. The number of nitrogen functional groups attached to an aromatic ring is 1. The third-order valence-corrected chi connectivity index (χ3v) is 3.63. The van der Waals surface area contributed by atoms with Gasteiger partial charge in [0.25, 0.3) is 0 Å². The number of hydrogen-bond acceptors (Lipinski definition) is 3. The molecule has 0 aliphatic rings. The summed E-state index contributed by atoms with van der Waals surface area (Å²) in [5, 5.41) is 0. The fraction of sp³-hybridized carbons (Fsp3) is 0.333. The second kappa shape index (κ2) is 7.14. The molecule has 3 nitrogen and oxygen atoms in total. The monoisotopic (exact) mass is 284 g/mol. The van der Waals surface area contributed by atoms with Gasteiger partial charge in [-0.1, -0.05) is 31.2 Å². The smallest absolute Gasteiger partial charge is 0.123 e. The van der Waals surface area contributed by atoms with Crippen LogP contribution in [-0.2, 0) is 19.5 Å². The van der Waals surface area contributed by atoms with Crippen molar-refractivity contribution in [3.05, 3.63) is 59.2 Å². The van der Waals surface area contributed by atoms with Crippen LogP contribution in [0.2, 0.25) is 0 Å². The molecule has 0 atom stereocenters. The van der Waals surface area contributed by atoms with Gasteiger partial charge >= 0.3 is 0 Å². The Morgan fingerprint density at radius 3 is 2.29 bits per heavy atom. The summed E-state index contributed by atoms with van der Waals surface area (Å²) < 4.78 is 5.40. The summed E-state index contributed by atoms with van der Waals surface area (Å²) in [6.45, 7) is 3.89. The molecule has 3 heteroatoms. The molecule has 2 aromatic rings. The summed E-state index contributed by atoms with van der Waals surface area (Å²) in [4.78, 5) is 2.26. The van der Waals surface area contributed by atoms with Crippen LogP contribution in [0, 0.1) is 0 Å². The Morgan fingerprint density at radius 2 is 1.67 bits per heavy atom. The number of nitrogens with zero attached hydrogens (tertiary/aromatic N) is 1. The zero-order chi connectivity index (χ0) is 15.2. The highest BCUT2D eigenvalue weighted by Gasteiger charge is 2.07. The van der Waals surface area contributed by atoms with E-state index in [1.54, 1.807) is 7.11 Å². The number of nitrogens with two attached hydrogens (primary N) is 1. The molecule has 0 amide bonds. The van der Waals surface area contributed by atoms with Crippen molar-refractivity contribution < 1.29 is 4.74 Å². The first-order valence-corrected chi connectivity index (χ1v) is 7.31. The van der Waals surface area contributed by atoms with Gasteiger partial charge in [-0.25, -0.2) is 0 Å². The van der Waals surface area contributed by atoms with Crippen molar-refractivity contribution in [1.82, 2.24) is 4.90 Å². The zero-order valence-electron chi connectivity index (χ0n) is 13.1. The van der Waals surface area contributed by atoms with Crippen molar-refractivity contribution >= 4 is 5.69 Å². The largest absolute Gasteiger partial charge is 0.496 e. The first-order chi connectivity index (χ1) is 10.1. The first kappa shape index (κ1) is 15.4. The van der Waals surface area contributed by atoms with Gasteiger partial charge in [-0.3, -0.25) is 4.90 Å². The van der Waals surface area contributed by atoms with Crippen LogP contribution in [-0.4, -0.2) is 19.1 Å². The minimum atomic E-state index is 0.770. The van der Waals surface area contributed by atoms with Gasteiger partial charge in [0.15, 0.2) is 0 Å². The molecule has 0 heterocycles. The predicted molar refractivity (Wildman–Crippen MR) is 88.4 cm³/mol. The summed E-state index contributed by atoms with van der Waals surface area (Å²) in [6.07, 6.45) is 1.08. The van der Waals surface area contributed by atoms with E-state index in [4.69, 9.17) is 10.5 Å². The molecular weight excluding hydrogens is 260 g/mol. The molecule has 0 aliphatic heterocycles. The third kappa shape index (κ3) is 4.23. The molecule has 2 rings (SSSR count). The summed E-state index contributed by atoms with van der Waals surface area (Å²) in [6, 6.07) is 14.6. The lowest BCUT2D eigenvalue weighted by Gasteiger charge is -2.19. The highest BCUT2D eigenvalue weighted by atomic mass is 16.5. The summed E-state index contributed by atoms with van der Waals surface area (Å²) >= 11 is 0. The number of ether oxygens (including phenoxy) is 1. The predicted octanol–water partition coefficient (Wildman–Crippen LogP) is 3.47. The van der Waals surface area contributed by atoms with E-state index in [0.29, 0.717) is 0 Å². The summed E-state index contributed by atoms with van der Waals surface area (Å²) in [5.41, 5.74) is 10.4. The molecule has 2 aromatic carbocycles. The quantitative estimate of drug-likeness (QED) is 0.825. The van der Waals surface area contributed by atoms with Crippen molar-refractivity contribution in [2.45, 2.75) is 26.4 Å². The second-order valence-corrected chi connectivity index (χ2v) is 5.41. The number of methoxy groups -OCH3 is 1. The lowest BCUT2D eigenvalue weighted by atomic mass is 10.1. The highest BCUT2D eigenvalue weighted by molar-refractivity contribution is 5.47. The van der Waals surface area contributed by atoms with E-state index in [1.807, 2.05) is 18.2 Å². The lowest BCUT2D eigenvalue weighted by molar-refractivity contribution is 0.310. The van der Waals surface area contributed by atoms with Gasteiger partial charge in [0, 0.05) is 24.3 Å². The number of rotatable bonds is 6. The van der Waals surface area contributed by atoms with Gasteiger partial charge in [-0.05, 0) is 42.8 Å². The van der Waals surface area contributed by atoms with Gasteiger partial charge in [-0.15, -0.1) is 0 Å². The second-order valence-electron chi connectivity index (χ2n) is 5.41. The molecule has 0 spiro atoms. The lowest BCUT2D eigenvalue weighted by Crippen LogP contribution is -2.17. The standard InChI is InChI=1S/C18H24N2O/c1-4-14-5-7-15(8-6-14)12-20(2)13-16-11-17(19)9-10-18(16)21-3/h5-11H,4,12-13,19H2,1-3H3. The Hall–Kier alpha value is -2.00. The van der Waals surface area contributed by atoms with E-state index in [9.17, 15) is 0 Å². The topological polar surface area (TPSA) is 38.5 Å². The normalized spacial score (nSPS) is 10.9. The van der Waals surface area contributed by atoms with Gasteiger partial charge in [-0.2, -0.15) is 0 Å². The van der Waals surface area contributed by atoms with Crippen molar-refractivity contribution in [2.75, 3.05) is 19.9 Å². The van der Waals surface area contributed by atoms with Gasteiger partial charge in [0.1, 0.15) is 5.75 Å². The van der Waals surface area contributed by atoms with E-state index in [2.05, 4.69) is 43.1 Å². The Labute approximate surface area is 127 Å². The van der Waals surface area contributed by atoms with Crippen molar-refractivity contribution in [2.24, 2.45) is 0 Å². The van der Waals surface area contributed by atoms with Crippen molar-refractivity contribution in [1.29, 1.82) is 0 Å². The number of aryl methyl sites for hydroxylation is 1. The molecule has 21 heavy (non-hydrogen) atoms. The van der Waals surface area contributed by atoms with Crippen LogP contribution in [0.1, 0.15) is 23.6 Å². The van der Waals surface area contributed by atoms with Gasteiger partial charge < -0.3 is 10.5 Å². The first-order valence-electron chi connectivity index (χ1n) is 7.31. The van der Waals surface area contributed by atoms with E-state index < -0.39 is 0 Å². The van der Waals surface area contributed by atoms with Crippen molar-refractivity contribution in [3.8, 4) is 5.75 Å². The molecule has 112 valence electrons. The molecule has 0 radical (unpaired) electrons. The Bertz CT molecular complexity index is 578. The van der Waals surface area contributed by atoms with Crippen LogP contribution in [0.5, 0.6) is 5.75 Å². The maximum atomic E-state index is 5.87. The molecule has 0 bridgehead atoms. The minimum absolute atomic E-state index is 0.770. The number of anilines is 1. The Kier molecular flexibility index (Phi) is 5.23. The average Bonchev–Trinajstić information content (AvgIpc) is 2.48. The Balaban J connectivity index is 2.03. The van der Waals surface area contributed by atoms with E-state index in [0.717, 1.165) is 36.5 Å². The number of benzene rings is 2. The SMILES string of the molecule is CCc1ccc(CN(C)Cc2cc(N)ccc2OC)cc1. The molecule has 0 saturated heterocycles. The molecule has 0 aliphatic carbocycles. The number of hydrogen-bond donors (Lipinski definition) is 1. The van der Waals surface area contributed by atoms with Crippen LogP contribution >= 0.6 is 0 Å². The highest BCUT2D eigenvalue weighted by Crippen LogP contribution is 2.22. The zero-order valence-corrected chi connectivity index (χ0v) is 13.1. The summed E-state index contributed by atoms with van der Waals surface area (Å²) in [7, 11) is 3.80. The Morgan fingerprint density at radius 1 is 1.00 bits per heavy atom. The van der Waals surface area contributed by atoms with Gasteiger partial charge in [0.2, 0.25) is 0 Å². The van der Waals surface area contributed by atoms with Crippen LogP contribution in [0.15, 0.2) is 42.5 Å². The molecular formula is C18H24N2O. The molecule has 0 fully saturated rings. The van der Waals surface area contributed by atoms with E-state index >= 15 is 0 Å². The fourth-order valence-corrected chi connectivity index (χ4v) is 2.46. The molecule has 2 N–H and O–H groups in total. The van der Waals surface area contributed by atoms with Crippen LogP contribution < -0.4 is 10.5 Å².